The molecular weight excluding hydrogens is 226 g/mol. The third-order valence-corrected chi connectivity index (χ3v) is 3.73. The summed E-state index contributed by atoms with van der Waals surface area (Å²) in [6.45, 7) is 7.65. The lowest BCUT2D eigenvalue weighted by atomic mass is 9.87. The van der Waals surface area contributed by atoms with Crippen molar-refractivity contribution in [3.05, 3.63) is 34.9 Å². The average Bonchev–Trinajstić information content (AvgIpc) is 2.31. The zero-order chi connectivity index (χ0) is 13.0. The number of hydrogen-bond acceptors (Lipinski definition) is 3. The molecule has 0 bridgehead atoms. The van der Waals surface area contributed by atoms with Crippen LogP contribution in [-0.2, 0) is 11.2 Å². The fourth-order valence-corrected chi connectivity index (χ4v) is 2.29. The van der Waals surface area contributed by atoms with E-state index in [-0.39, 0.29) is 12.0 Å². The van der Waals surface area contributed by atoms with Crippen molar-refractivity contribution in [2.24, 2.45) is 5.41 Å². The summed E-state index contributed by atoms with van der Waals surface area (Å²) in [4.78, 5) is 0. The van der Waals surface area contributed by atoms with Gasteiger partial charge in [-0.05, 0) is 37.9 Å². The van der Waals surface area contributed by atoms with Gasteiger partial charge in [0.05, 0.1) is 25.2 Å². The van der Waals surface area contributed by atoms with E-state index >= 15 is 0 Å². The normalized spacial score (nSPS) is 17.5. The van der Waals surface area contributed by atoms with E-state index in [1.807, 2.05) is 0 Å². The molecule has 100 valence electrons. The van der Waals surface area contributed by atoms with E-state index in [9.17, 15) is 5.11 Å². The van der Waals surface area contributed by atoms with E-state index in [2.05, 4.69) is 37.4 Å². The van der Waals surface area contributed by atoms with Crippen LogP contribution in [0.4, 0.5) is 0 Å². The predicted molar refractivity (Wildman–Crippen MR) is 72.8 cm³/mol. The first-order chi connectivity index (χ1) is 8.65. The van der Waals surface area contributed by atoms with Gasteiger partial charge in [0.15, 0.2) is 0 Å². The van der Waals surface area contributed by atoms with E-state index < -0.39 is 0 Å². The molecule has 2 N–H and O–H groups in total. The molecular formula is C15H23NO2. The molecule has 0 aliphatic carbocycles. The molecule has 3 heteroatoms. The Kier molecular flexibility index (Phi) is 4.38. The van der Waals surface area contributed by atoms with E-state index in [0.717, 1.165) is 19.5 Å². The van der Waals surface area contributed by atoms with Crippen molar-refractivity contribution in [1.29, 1.82) is 0 Å². The number of rotatable bonds is 6. The van der Waals surface area contributed by atoms with E-state index in [1.165, 1.54) is 16.7 Å². The zero-order valence-corrected chi connectivity index (χ0v) is 11.3. The standard InChI is InChI=1S/C15H23NO2/c1-12-3-4-13(2)14(7-12)5-6-16-8-15(9-17)10-18-11-15/h3-4,7,16-17H,5-6,8-11H2,1-2H3. The van der Waals surface area contributed by atoms with Crippen molar-refractivity contribution in [2.75, 3.05) is 32.9 Å². The maximum absolute atomic E-state index is 9.31. The molecule has 1 fully saturated rings. The van der Waals surface area contributed by atoms with Crippen LogP contribution in [0.1, 0.15) is 16.7 Å². The quantitative estimate of drug-likeness (QED) is 0.750. The number of hydrogen-bond donors (Lipinski definition) is 2. The van der Waals surface area contributed by atoms with Gasteiger partial charge in [-0.15, -0.1) is 0 Å². The van der Waals surface area contributed by atoms with Gasteiger partial charge in [-0.3, -0.25) is 0 Å². The summed E-state index contributed by atoms with van der Waals surface area (Å²) in [6.07, 6.45) is 1.04. The molecule has 1 aromatic carbocycles. The van der Waals surface area contributed by atoms with Gasteiger partial charge in [-0.2, -0.15) is 0 Å². The maximum Gasteiger partial charge on any atom is 0.0579 e. The van der Waals surface area contributed by atoms with Gasteiger partial charge in [0, 0.05) is 6.54 Å². The molecule has 1 aromatic rings. The lowest BCUT2D eigenvalue weighted by Gasteiger charge is -2.40. The SMILES string of the molecule is Cc1ccc(C)c(CCNCC2(CO)COC2)c1. The van der Waals surface area contributed by atoms with Crippen LogP contribution < -0.4 is 5.32 Å². The Morgan fingerprint density at radius 2 is 2.11 bits per heavy atom. The van der Waals surface area contributed by atoms with Crippen LogP contribution in [0, 0.1) is 19.3 Å². The first-order valence-electron chi connectivity index (χ1n) is 6.61. The van der Waals surface area contributed by atoms with Gasteiger partial charge >= 0.3 is 0 Å². The van der Waals surface area contributed by atoms with Gasteiger partial charge in [0.2, 0.25) is 0 Å². The minimum absolute atomic E-state index is 0.0261. The highest BCUT2D eigenvalue weighted by Crippen LogP contribution is 2.25. The third kappa shape index (κ3) is 3.10. The molecule has 0 spiro atoms. The Morgan fingerprint density at radius 1 is 1.33 bits per heavy atom. The van der Waals surface area contributed by atoms with Crippen molar-refractivity contribution < 1.29 is 9.84 Å². The van der Waals surface area contributed by atoms with Crippen molar-refractivity contribution >= 4 is 0 Å². The summed E-state index contributed by atoms with van der Waals surface area (Å²) in [5, 5.41) is 12.7. The highest BCUT2D eigenvalue weighted by Gasteiger charge is 2.37. The lowest BCUT2D eigenvalue weighted by molar-refractivity contribution is -0.134. The first-order valence-corrected chi connectivity index (χ1v) is 6.61. The summed E-state index contributed by atoms with van der Waals surface area (Å²) in [7, 11) is 0. The van der Waals surface area contributed by atoms with E-state index in [1.54, 1.807) is 0 Å². The van der Waals surface area contributed by atoms with Crippen LogP contribution in [0.5, 0.6) is 0 Å². The van der Waals surface area contributed by atoms with Crippen molar-refractivity contribution in [2.45, 2.75) is 20.3 Å². The molecule has 1 saturated heterocycles. The molecule has 18 heavy (non-hydrogen) atoms. The predicted octanol–water partition coefficient (Wildman–Crippen LogP) is 1.44. The molecule has 1 aliphatic heterocycles. The number of ether oxygens (including phenoxy) is 1. The maximum atomic E-state index is 9.31. The zero-order valence-electron chi connectivity index (χ0n) is 11.3. The number of nitrogens with one attached hydrogen (secondary N) is 1. The van der Waals surface area contributed by atoms with Crippen LogP contribution in [-0.4, -0.2) is 38.0 Å². The summed E-state index contributed by atoms with van der Waals surface area (Å²) in [5.74, 6) is 0. The van der Waals surface area contributed by atoms with E-state index in [4.69, 9.17) is 4.74 Å². The Labute approximate surface area is 109 Å². The van der Waals surface area contributed by atoms with Crippen LogP contribution in [0.15, 0.2) is 18.2 Å². The van der Waals surface area contributed by atoms with Crippen LogP contribution in [0.25, 0.3) is 0 Å². The second kappa shape index (κ2) is 5.83. The molecule has 2 rings (SSSR count). The summed E-state index contributed by atoms with van der Waals surface area (Å²) in [5.41, 5.74) is 4.05. The fourth-order valence-electron chi connectivity index (χ4n) is 2.29. The van der Waals surface area contributed by atoms with Crippen LogP contribution in [0.2, 0.25) is 0 Å². The number of aryl methyl sites for hydroxylation is 2. The second-order valence-corrected chi connectivity index (χ2v) is 5.51. The smallest absolute Gasteiger partial charge is 0.0579 e. The molecule has 1 heterocycles. The van der Waals surface area contributed by atoms with Gasteiger partial charge in [0.1, 0.15) is 0 Å². The molecule has 0 atom stereocenters. The number of aliphatic hydroxyl groups excluding tert-OH is 1. The van der Waals surface area contributed by atoms with Gasteiger partial charge in [0.25, 0.3) is 0 Å². The Bertz CT molecular complexity index is 394. The molecule has 1 aliphatic rings. The second-order valence-electron chi connectivity index (χ2n) is 5.51. The lowest BCUT2D eigenvalue weighted by Crippen LogP contribution is -2.52. The molecule has 0 aromatic heterocycles. The fraction of sp³-hybridized carbons (Fsp3) is 0.600. The molecule has 0 amide bonds. The van der Waals surface area contributed by atoms with Gasteiger partial charge < -0.3 is 15.2 Å². The summed E-state index contributed by atoms with van der Waals surface area (Å²) in [6, 6.07) is 6.59. The number of benzene rings is 1. The summed E-state index contributed by atoms with van der Waals surface area (Å²) < 4.78 is 5.18. The van der Waals surface area contributed by atoms with Gasteiger partial charge in [-0.25, -0.2) is 0 Å². The average molecular weight is 249 g/mol. The highest BCUT2D eigenvalue weighted by atomic mass is 16.5. The Balaban J connectivity index is 1.76. The monoisotopic (exact) mass is 249 g/mol. The highest BCUT2D eigenvalue weighted by molar-refractivity contribution is 5.30. The van der Waals surface area contributed by atoms with Crippen molar-refractivity contribution in [3.8, 4) is 0 Å². The Morgan fingerprint density at radius 3 is 2.72 bits per heavy atom. The molecule has 0 saturated carbocycles. The topological polar surface area (TPSA) is 41.5 Å². The first kappa shape index (κ1) is 13.5. The molecule has 0 unspecified atom stereocenters. The number of aliphatic hydroxyl groups is 1. The Hall–Kier alpha value is -0.900. The van der Waals surface area contributed by atoms with Crippen LogP contribution >= 0.6 is 0 Å². The van der Waals surface area contributed by atoms with Gasteiger partial charge in [-0.1, -0.05) is 23.8 Å². The summed E-state index contributed by atoms with van der Waals surface area (Å²) >= 11 is 0. The molecule has 0 radical (unpaired) electrons. The van der Waals surface area contributed by atoms with Crippen LogP contribution in [0.3, 0.4) is 0 Å². The molecule has 3 nitrogen and oxygen atoms in total. The minimum atomic E-state index is -0.0261. The third-order valence-electron chi connectivity index (χ3n) is 3.73. The van der Waals surface area contributed by atoms with Crippen molar-refractivity contribution in [1.82, 2.24) is 5.32 Å². The van der Waals surface area contributed by atoms with E-state index in [0.29, 0.717) is 13.2 Å². The minimum Gasteiger partial charge on any atom is -0.396 e. The largest absolute Gasteiger partial charge is 0.396 e. The van der Waals surface area contributed by atoms with Crippen molar-refractivity contribution in [3.63, 3.8) is 0 Å².